The van der Waals surface area contributed by atoms with Gasteiger partial charge in [-0.3, -0.25) is 9.40 Å². The Labute approximate surface area is 115 Å². The highest BCUT2D eigenvalue weighted by atomic mass is 32.2. The van der Waals surface area contributed by atoms with Gasteiger partial charge in [-0.2, -0.15) is 5.10 Å². The zero-order valence-corrected chi connectivity index (χ0v) is 11.7. The van der Waals surface area contributed by atoms with Crippen molar-refractivity contribution in [3.63, 3.8) is 0 Å². The molecule has 0 spiro atoms. The summed E-state index contributed by atoms with van der Waals surface area (Å²) in [6, 6.07) is 5.44. The van der Waals surface area contributed by atoms with Gasteiger partial charge in [0.25, 0.3) is 10.0 Å². The summed E-state index contributed by atoms with van der Waals surface area (Å²) in [7, 11) is -2.20. The molecule has 1 aromatic carbocycles. The monoisotopic (exact) mass is 295 g/mol. The summed E-state index contributed by atoms with van der Waals surface area (Å²) in [5, 5.41) is 12.9. The van der Waals surface area contributed by atoms with Crippen LogP contribution in [-0.2, 0) is 17.1 Å². The van der Waals surface area contributed by atoms with Gasteiger partial charge in [0.15, 0.2) is 5.82 Å². The van der Waals surface area contributed by atoms with Crippen LogP contribution in [-0.4, -0.2) is 29.3 Å². The van der Waals surface area contributed by atoms with Gasteiger partial charge in [-0.1, -0.05) is 6.07 Å². The molecule has 106 valence electrons. The smallest absolute Gasteiger partial charge is 0.335 e. The summed E-state index contributed by atoms with van der Waals surface area (Å²) in [6.45, 7) is 1.60. The minimum absolute atomic E-state index is 0.0473. The van der Waals surface area contributed by atoms with Crippen LogP contribution in [0.3, 0.4) is 0 Å². The lowest BCUT2D eigenvalue weighted by Crippen LogP contribution is -2.14. The Bertz CT molecular complexity index is 765. The lowest BCUT2D eigenvalue weighted by molar-refractivity contribution is 0.0696. The average molecular weight is 295 g/mol. The molecule has 0 saturated heterocycles. The lowest BCUT2D eigenvalue weighted by Gasteiger charge is -2.07. The molecule has 0 fully saturated rings. The van der Waals surface area contributed by atoms with Gasteiger partial charge in [0.2, 0.25) is 0 Å². The first kappa shape index (κ1) is 14.1. The van der Waals surface area contributed by atoms with E-state index in [1.54, 1.807) is 20.2 Å². The van der Waals surface area contributed by atoms with Crippen LogP contribution in [0, 0.1) is 6.92 Å². The average Bonchev–Trinajstić information content (AvgIpc) is 2.73. The van der Waals surface area contributed by atoms with Gasteiger partial charge in [-0.25, -0.2) is 13.2 Å². The van der Waals surface area contributed by atoms with E-state index in [1.165, 1.54) is 22.9 Å². The number of nitrogens with zero attached hydrogens (tertiary/aromatic N) is 2. The number of carbonyl (C=O) groups is 1. The number of anilines is 1. The van der Waals surface area contributed by atoms with E-state index in [0.29, 0.717) is 5.56 Å². The van der Waals surface area contributed by atoms with Crippen molar-refractivity contribution < 1.29 is 18.3 Å². The molecule has 0 amide bonds. The molecule has 0 aliphatic heterocycles. The molecule has 1 heterocycles. The van der Waals surface area contributed by atoms with E-state index in [2.05, 4.69) is 9.82 Å². The van der Waals surface area contributed by atoms with Crippen molar-refractivity contribution in [2.45, 2.75) is 11.8 Å². The van der Waals surface area contributed by atoms with Crippen LogP contribution in [0.5, 0.6) is 0 Å². The van der Waals surface area contributed by atoms with Crippen LogP contribution in [0.1, 0.15) is 15.9 Å². The molecule has 0 aliphatic rings. The van der Waals surface area contributed by atoms with E-state index in [9.17, 15) is 13.2 Å². The van der Waals surface area contributed by atoms with E-state index >= 15 is 0 Å². The number of aromatic nitrogens is 2. The highest BCUT2D eigenvalue weighted by molar-refractivity contribution is 7.92. The van der Waals surface area contributed by atoms with Crippen LogP contribution in [0.25, 0.3) is 0 Å². The minimum Gasteiger partial charge on any atom is -0.478 e. The number of sulfonamides is 1. The number of rotatable bonds is 4. The number of benzene rings is 1. The Morgan fingerprint density at radius 2 is 2.05 bits per heavy atom. The second-order valence-corrected chi connectivity index (χ2v) is 5.94. The van der Waals surface area contributed by atoms with Crippen LogP contribution in [0.2, 0.25) is 0 Å². The number of hydrogen-bond donors (Lipinski definition) is 2. The van der Waals surface area contributed by atoms with Gasteiger partial charge >= 0.3 is 5.97 Å². The summed E-state index contributed by atoms with van der Waals surface area (Å²) in [5.41, 5.74) is 0.447. The molecule has 8 heteroatoms. The zero-order chi connectivity index (χ0) is 14.9. The van der Waals surface area contributed by atoms with Gasteiger partial charge in [-0.05, 0) is 24.6 Å². The normalized spacial score (nSPS) is 11.3. The summed E-state index contributed by atoms with van der Waals surface area (Å²) in [4.78, 5) is 10.9. The van der Waals surface area contributed by atoms with Gasteiger partial charge < -0.3 is 5.11 Å². The van der Waals surface area contributed by atoms with Crippen LogP contribution < -0.4 is 4.72 Å². The molecule has 0 unspecified atom stereocenters. The molecule has 0 atom stereocenters. The van der Waals surface area contributed by atoms with Crippen molar-refractivity contribution >= 4 is 21.8 Å². The standard InChI is InChI=1S/C12H13N3O4S/c1-8-3-4-9(7-10(8)12(16)17)20(18,19)14-11-5-6-15(2)13-11/h3-7H,1-2H3,(H,13,14)(H,16,17). The summed E-state index contributed by atoms with van der Waals surface area (Å²) >= 11 is 0. The molecule has 0 bridgehead atoms. The van der Waals surface area contributed by atoms with Crippen molar-refractivity contribution in [3.05, 3.63) is 41.6 Å². The Morgan fingerprint density at radius 1 is 1.35 bits per heavy atom. The third-order valence-corrected chi connectivity index (χ3v) is 4.05. The Balaban J connectivity index is 2.39. The van der Waals surface area contributed by atoms with E-state index in [4.69, 9.17) is 5.11 Å². The fraction of sp³-hybridized carbons (Fsp3) is 0.167. The third kappa shape index (κ3) is 2.80. The number of carboxylic acids is 1. The van der Waals surface area contributed by atoms with Crippen molar-refractivity contribution in [1.29, 1.82) is 0 Å². The highest BCUT2D eigenvalue weighted by Crippen LogP contribution is 2.18. The van der Waals surface area contributed by atoms with E-state index in [1.807, 2.05) is 0 Å². The molecule has 20 heavy (non-hydrogen) atoms. The molecule has 2 N–H and O–H groups in total. The molecule has 2 aromatic rings. The summed E-state index contributed by atoms with van der Waals surface area (Å²) in [6.07, 6.45) is 1.59. The zero-order valence-electron chi connectivity index (χ0n) is 10.9. The van der Waals surface area contributed by atoms with Crippen LogP contribution in [0.15, 0.2) is 35.4 Å². The van der Waals surface area contributed by atoms with E-state index < -0.39 is 16.0 Å². The lowest BCUT2D eigenvalue weighted by atomic mass is 10.1. The second kappa shape index (κ2) is 4.97. The first-order valence-corrected chi connectivity index (χ1v) is 7.14. The van der Waals surface area contributed by atoms with Gasteiger partial charge in [0, 0.05) is 19.3 Å². The molecular formula is C12H13N3O4S. The Morgan fingerprint density at radius 3 is 2.60 bits per heavy atom. The maximum atomic E-state index is 12.1. The number of aryl methyl sites for hydroxylation is 2. The fourth-order valence-electron chi connectivity index (χ4n) is 1.66. The predicted molar refractivity (Wildman–Crippen MR) is 72.2 cm³/mol. The van der Waals surface area contributed by atoms with Crippen LogP contribution in [0.4, 0.5) is 5.82 Å². The van der Waals surface area contributed by atoms with E-state index in [0.717, 1.165) is 6.07 Å². The maximum Gasteiger partial charge on any atom is 0.335 e. The summed E-state index contributed by atoms with van der Waals surface area (Å²) < 4.78 is 28.0. The SMILES string of the molecule is Cc1ccc(S(=O)(=O)Nc2ccn(C)n2)cc1C(=O)O. The van der Waals surface area contributed by atoms with Crippen molar-refractivity contribution in [3.8, 4) is 0 Å². The molecule has 0 aliphatic carbocycles. The quantitative estimate of drug-likeness (QED) is 0.883. The fourth-order valence-corrected chi connectivity index (χ4v) is 2.69. The Kier molecular flexibility index (Phi) is 3.49. The minimum atomic E-state index is -3.86. The molecular weight excluding hydrogens is 282 g/mol. The van der Waals surface area contributed by atoms with Crippen molar-refractivity contribution in [2.75, 3.05) is 4.72 Å². The number of nitrogens with one attached hydrogen (secondary N) is 1. The molecule has 2 rings (SSSR count). The van der Waals surface area contributed by atoms with Gasteiger partial charge in [0.05, 0.1) is 10.5 Å². The largest absolute Gasteiger partial charge is 0.478 e. The maximum absolute atomic E-state index is 12.1. The van der Waals surface area contributed by atoms with Crippen LogP contribution >= 0.6 is 0 Å². The second-order valence-electron chi connectivity index (χ2n) is 4.26. The van der Waals surface area contributed by atoms with Gasteiger partial charge in [0.1, 0.15) is 0 Å². The molecule has 1 aromatic heterocycles. The molecule has 7 nitrogen and oxygen atoms in total. The predicted octanol–water partition coefficient (Wildman–Crippen LogP) is 1.23. The molecule has 0 saturated carbocycles. The Hall–Kier alpha value is -2.35. The highest BCUT2D eigenvalue weighted by Gasteiger charge is 2.18. The molecule has 0 radical (unpaired) electrons. The first-order chi connectivity index (χ1) is 9.29. The summed E-state index contributed by atoms with van der Waals surface area (Å²) in [5.74, 6) is -0.998. The van der Waals surface area contributed by atoms with Gasteiger partial charge in [-0.15, -0.1) is 0 Å². The number of aromatic carboxylic acids is 1. The number of hydrogen-bond acceptors (Lipinski definition) is 4. The topological polar surface area (TPSA) is 101 Å². The number of carboxylic acid groups (broad SMARTS) is 1. The van der Waals surface area contributed by atoms with E-state index in [-0.39, 0.29) is 16.3 Å². The van der Waals surface area contributed by atoms with Crippen molar-refractivity contribution in [2.24, 2.45) is 7.05 Å². The third-order valence-electron chi connectivity index (χ3n) is 2.70. The van der Waals surface area contributed by atoms with Crippen molar-refractivity contribution in [1.82, 2.24) is 9.78 Å². The first-order valence-electron chi connectivity index (χ1n) is 5.66.